The van der Waals surface area contributed by atoms with Crippen molar-refractivity contribution in [3.8, 4) is 5.88 Å². The van der Waals surface area contributed by atoms with Gasteiger partial charge in [-0.2, -0.15) is 0 Å². The molecule has 0 aliphatic rings. The molecule has 0 fully saturated rings. The Labute approximate surface area is 181 Å². The average Bonchev–Trinajstić information content (AvgIpc) is 3.08. The molecule has 0 amide bonds. The summed E-state index contributed by atoms with van der Waals surface area (Å²) in [6.45, 7) is 2.39. The molecule has 5 heteroatoms. The first-order chi connectivity index (χ1) is 14.9. The van der Waals surface area contributed by atoms with Gasteiger partial charge >= 0.3 is 0 Å². The summed E-state index contributed by atoms with van der Waals surface area (Å²) in [5, 5.41) is 11.6. The van der Waals surface area contributed by atoms with Crippen molar-refractivity contribution >= 4 is 28.1 Å². The number of aromatic amines is 1. The van der Waals surface area contributed by atoms with E-state index in [0.717, 1.165) is 28.7 Å². The van der Waals surface area contributed by atoms with Gasteiger partial charge in [0.2, 0.25) is 0 Å². The number of Topliss-reactive ketones (excluding diaryl/α,β-unsaturated/α-hetero) is 1. The molecule has 156 valence electrons. The molecule has 0 saturated carbocycles. The van der Waals surface area contributed by atoms with Crippen molar-refractivity contribution in [1.82, 2.24) is 9.88 Å². The van der Waals surface area contributed by atoms with Crippen molar-refractivity contribution < 1.29 is 9.90 Å². The number of ketones is 1. The van der Waals surface area contributed by atoms with Gasteiger partial charge in [-0.15, -0.1) is 0 Å². The van der Waals surface area contributed by atoms with E-state index in [4.69, 9.17) is 4.99 Å². The number of carbonyl (C=O) groups is 1. The highest BCUT2D eigenvalue weighted by Crippen LogP contribution is 2.32. The van der Waals surface area contributed by atoms with Crippen LogP contribution in [-0.2, 0) is 6.54 Å². The first kappa shape index (κ1) is 20.6. The Morgan fingerprint density at radius 3 is 2.32 bits per heavy atom. The largest absolute Gasteiger partial charge is 0.494 e. The third-order valence-electron chi connectivity index (χ3n) is 5.15. The molecule has 5 nitrogen and oxygen atoms in total. The van der Waals surface area contributed by atoms with Crippen molar-refractivity contribution in [3.63, 3.8) is 0 Å². The monoisotopic (exact) mass is 411 g/mol. The summed E-state index contributed by atoms with van der Waals surface area (Å²) >= 11 is 0. The van der Waals surface area contributed by atoms with Gasteiger partial charge in [0, 0.05) is 28.6 Å². The lowest BCUT2D eigenvalue weighted by atomic mass is 9.99. The third-order valence-corrected chi connectivity index (χ3v) is 5.15. The summed E-state index contributed by atoms with van der Waals surface area (Å²) in [5.41, 5.74) is 5.44. The first-order valence-electron chi connectivity index (χ1n) is 10.2. The van der Waals surface area contributed by atoms with Crippen LogP contribution in [0.25, 0.3) is 10.9 Å². The summed E-state index contributed by atoms with van der Waals surface area (Å²) in [6.07, 6.45) is 0. The van der Waals surface area contributed by atoms with Crippen LogP contribution in [0.5, 0.6) is 5.88 Å². The second-order valence-corrected chi connectivity index (χ2v) is 7.90. The molecule has 0 spiro atoms. The minimum Gasteiger partial charge on any atom is -0.494 e. The standard InChI is InChI=1S/C26H25N3O2/c1-17(30)20-11-14-23-22(15-20)24(26(31)28-23)25(19-7-5-4-6-8-19)27-21-12-9-18(10-13-21)16-29(2)3/h4-15,28,31H,16H2,1-3H3. The van der Waals surface area contributed by atoms with Crippen molar-refractivity contribution in [2.24, 2.45) is 4.99 Å². The smallest absolute Gasteiger partial charge is 0.199 e. The zero-order chi connectivity index (χ0) is 22.0. The zero-order valence-electron chi connectivity index (χ0n) is 17.9. The van der Waals surface area contributed by atoms with Crippen LogP contribution in [0.1, 0.15) is 34.0 Å². The van der Waals surface area contributed by atoms with Gasteiger partial charge in [0.15, 0.2) is 11.7 Å². The molecule has 31 heavy (non-hydrogen) atoms. The Balaban J connectivity index is 1.89. The summed E-state index contributed by atoms with van der Waals surface area (Å²) in [5.74, 6) is 0.00533. The fourth-order valence-electron chi connectivity index (χ4n) is 3.67. The minimum atomic E-state index is -0.0248. The van der Waals surface area contributed by atoms with Crippen LogP contribution >= 0.6 is 0 Å². The van der Waals surface area contributed by atoms with E-state index in [1.165, 1.54) is 12.5 Å². The molecule has 0 aliphatic carbocycles. The maximum Gasteiger partial charge on any atom is 0.199 e. The van der Waals surface area contributed by atoms with Gasteiger partial charge in [-0.25, -0.2) is 4.99 Å². The lowest BCUT2D eigenvalue weighted by Crippen LogP contribution is -2.10. The highest BCUT2D eigenvalue weighted by Gasteiger charge is 2.19. The number of carbonyl (C=O) groups excluding carboxylic acids is 1. The molecular weight excluding hydrogens is 386 g/mol. The molecule has 1 aromatic heterocycles. The van der Waals surface area contributed by atoms with Gasteiger partial charge < -0.3 is 15.0 Å². The fourth-order valence-corrected chi connectivity index (χ4v) is 3.67. The van der Waals surface area contributed by atoms with E-state index in [9.17, 15) is 9.90 Å². The van der Waals surface area contributed by atoms with Crippen LogP contribution in [-0.4, -0.2) is 40.6 Å². The molecule has 4 rings (SSSR count). The number of nitrogens with zero attached hydrogens (tertiary/aromatic N) is 2. The Morgan fingerprint density at radius 2 is 1.68 bits per heavy atom. The number of H-pyrrole nitrogens is 1. The second-order valence-electron chi connectivity index (χ2n) is 7.90. The van der Waals surface area contributed by atoms with Gasteiger partial charge in [-0.3, -0.25) is 4.79 Å². The normalized spacial score (nSPS) is 11.9. The number of nitrogens with one attached hydrogen (secondary N) is 1. The Bertz CT molecular complexity index is 1250. The lowest BCUT2D eigenvalue weighted by Gasteiger charge is -2.10. The number of fused-ring (bicyclic) bond motifs is 1. The quantitative estimate of drug-likeness (QED) is 0.334. The molecule has 0 bridgehead atoms. The molecule has 2 N–H and O–H groups in total. The number of benzene rings is 3. The van der Waals surface area contributed by atoms with Crippen molar-refractivity contribution in [2.75, 3.05) is 14.1 Å². The van der Waals surface area contributed by atoms with Crippen LogP contribution in [0, 0.1) is 0 Å². The van der Waals surface area contributed by atoms with Gasteiger partial charge in [-0.1, -0.05) is 42.5 Å². The Morgan fingerprint density at radius 1 is 0.968 bits per heavy atom. The summed E-state index contributed by atoms with van der Waals surface area (Å²) in [6, 6.07) is 23.2. The molecule has 3 aromatic carbocycles. The second kappa shape index (κ2) is 8.58. The number of hydrogen-bond acceptors (Lipinski definition) is 4. The van der Waals surface area contributed by atoms with E-state index in [1.807, 2.05) is 68.7 Å². The molecule has 0 saturated heterocycles. The van der Waals surface area contributed by atoms with Crippen molar-refractivity contribution in [2.45, 2.75) is 13.5 Å². The summed E-state index contributed by atoms with van der Waals surface area (Å²) in [7, 11) is 4.07. The van der Waals surface area contributed by atoms with Crippen LogP contribution < -0.4 is 0 Å². The van der Waals surface area contributed by atoms with Crippen LogP contribution in [0.2, 0.25) is 0 Å². The fraction of sp³-hybridized carbons (Fsp3) is 0.154. The third kappa shape index (κ3) is 4.42. The molecular formula is C26H25N3O2. The van der Waals surface area contributed by atoms with Gasteiger partial charge in [0.25, 0.3) is 0 Å². The molecule has 0 atom stereocenters. The SMILES string of the molecule is CC(=O)c1ccc2[nH]c(O)c(C(=Nc3ccc(CN(C)C)cc3)c3ccccc3)c2c1. The van der Waals surface area contributed by atoms with E-state index in [0.29, 0.717) is 16.8 Å². The van der Waals surface area contributed by atoms with E-state index in [-0.39, 0.29) is 11.7 Å². The highest BCUT2D eigenvalue weighted by atomic mass is 16.3. The maximum atomic E-state index is 11.9. The Kier molecular flexibility index (Phi) is 5.69. The van der Waals surface area contributed by atoms with E-state index in [2.05, 4.69) is 22.0 Å². The van der Waals surface area contributed by atoms with Gasteiger partial charge in [-0.05, 0) is 56.9 Å². The number of aliphatic imine (C=N–C) groups is 1. The highest BCUT2D eigenvalue weighted by molar-refractivity contribution is 6.22. The number of aromatic hydroxyl groups is 1. The van der Waals surface area contributed by atoms with Crippen LogP contribution in [0.15, 0.2) is 77.8 Å². The molecule has 0 radical (unpaired) electrons. The van der Waals surface area contributed by atoms with E-state index < -0.39 is 0 Å². The Hall–Kier alpha value is -3.70. The van der Waals surface area contributed by atoms with Gasteiger partial charge in [0.1, 0.15) is 0 Å². The van der Waals surface area contributed by atoms with Gasteiger partial charge in [0.05, 0.1) is 17.0 Å². The lowest BCUT2D eigenvalue weighted by molar-refractivity contribution is 0.101. The predicted molar refractivity (Wildman–Crippen MR) is 126 cm³/mol. The molecule has 0 unspecified atom stereocenters. The summed E-state index contributed by atoms with van der Waals surface area (Å²) < 4.78 is 0. The zero-order valence-corrected chi connectivity index (χ0v) is 17.9. The van der Waals surface area contributed by atoms with Crippen molar-refractivity contribution in [1.29, 1.82) is 0 Å². The number of aromatic nitrogens is 1. The van der Waals surface area contributed by atoms with E-state index >= 15 is 0 Å². The number of rotatable bonds is 6. The molecule has 4 aromatic rings. The van der Waals surface area contributed by atoms with Crippen LogP contribution in [0.3, 0.4) is 0 Å². The average molecular weight is 412 g/mol. The molecule has 0 aliphatic heterocycles. The van der Waals surface area contributed by atoms with Crippen LogP contribution in [0.4, 0.5) is 5.69 Å². The topological polar surface area (TPSA) is 68.7 Å². The maximum absolute atomic E-state index is 11.9. The molecule has 1 heterocycles. The predicted octanol–water partition coefficient (Wildman–Crippen LogP) is 5.31. The van der Waals surface area contributed by atoms with Crippen molar-refractivity contribution in [3.05, 3.63) is 95.1 Å². The minimum absolute atomic E-state index is 0.0248. The summed E-state index contributed by atoms with van der Waals surface area (Å²) in [4.78, 5) is 22.0. The first-order valence-corrected chi connectivity index (χ1v) is 10.2. The van der Waals surface area contributed by atoms with E-state index in [1.54, 1.807) is 6.07 Å². The number of hydrogen-bond donors (Lipinski definition) is 2.